The van der Waals surface area contributed by atoms with E-state index < -0.39 is 48.7 Å². The molecule has 1 aliphatic heterocycles. The second-order valence-electron chi connectivity index (χ2n) is 9.19. The standard InChI is InChI=1S/C26H33F3N2O7/c1-3-4-5-6-7-20(34)31(14-26(27,28)29)18-12-17(25(36)30-8-9-32)21-16-10-15(13-33)11-19(37-2)23(16)38-24(21)22(18)35/h3,10-12,18,21-22,24,32-33,35H,1,4-9,13-14H2,2H3,(H,30,36)/t18-,21+,22+,24+/m1/s1. The number of alkyl halides is 3. The number of fused-ring (bicyclic) bond motifs is 3. The van der Waals surface area contributed by atoms with Crippen LogP contribution in [-0.2, 0) is 16.2 Å². The molecule has 0 aromatic heterocycles. The Kier molecular flexibility index (Phi) is 9.80. The molecule has 0 spiro atoms. The van der Waals surface area contributed by atoms with Crippen LogP contribution in [0.5, 0.6) is 11.5 Å². The SMILES string of the molecule is C=CCCCCC(=O)N(CC(F)(F)F)[C@@H]1C=C(C(=O)NCCO)[C@@H]2c3cc(CO)cc(OC)c3O[C@@H]2[C@H]1O. The number of methoxy groups -OCH3 is 1. The first-order valence-electron chi connectivity index (χ1n) is 12.3. The topological polar surface area (TPSA) is 129 Å². The summed E-state index contributed by atoms with van der Waals surface area (Å²) in [7, 11) is 1.36. The number of unbranched alkanes of at least 4 members (excludes halogenated alkanes) is 2. The zero-order valence-electron chi connectivity index (χ0n) is 21.0. The number of aliphatic hydroxyl groups is 3. The summed E-state index contributed by atoms with van der Waals surface area (Å²) >= 11 is 0. The van der Waals surface area contributed by atoms with Gasteiger partial charge in [0.15, 0.2) is 11.5 Å². The van der Waals surface area contributed by atoms with E-state index >= 15 is 0 Å². The van der Waals surface area contributed by atoms with Gasteiger partial charge in [0.1, 0.15) is 18.8 Å². The van der Waals surface area contributed by atoms with Gasteiger partial charge in [-0.1, -0.05) is 6.08 Å². The number of halogens is 3. The minimum Gasteiger partial charge on any atom is -0.493 e. The average molecular weight is 543 g/mol. The maximum atomic E-state index is 13.6. The normalized spacial score (nSPS) is 22.0. The van der Waals surface area contributed by atoms with E-state index in [2.05, 4.69) is 11.9 Å². The molecule has 12 heteroatoms. The Bertz CT molecular complexity index is 1060. The number of allylic oxidation sites excluding steroid dienone is 1. The molecule has 0 fully saturated rings. The van der Waals surface area contributed by atoms with Crippen LogP contribution in [0.3, 0.4) is 0 Å². The summed E-state index contributed by atoms with van der Waals surface area (Å²) < 4.78 is 52.1. The third-order valence-corrected chi connectivity index (χ3v) is 6.57. The lowest BCUT2D eigenvalue weighted by atomic mass is 9.77. The van der Waals surface area contributed by atoms with Crippen LogP contribution in [0.2, 0.25) is 0 Å². The molecule has 4 atom stereocenters. The van der Waals surface area contributed by atoms with Crippen molar-refractivity contribution in [2.45, 2.75) is 62.6 Å². The maximum Gasteiger partial charge on any atom is 0.406 e. The predicted octanol–water partition coefficient (Wildman–Crippen LogP) is 1.95. The number of nitrogens with one attached hydrogen (secondary N) is 1. The van der Waals surface area contributed by atoms with Crippen molar-refractivity contribution in [3.05, 3.63) is 47.6 Å². The Morgan fingerprint density at radius 1 is 1.26 bits per heavy atom. The zero-order valence-corrected chi connectivity index (χ0v) is 21.0. The van der Waals surface area contributed by atoms with E-state index in [1.54, 1.807) is 12.1 Å². The number of rotatable bonds is 12. The van der Waals surface area contributed by atoms with Gasteiger partial charge in [-0.15, -0.1) is 6.58 Å². The van der Waals surface area contributed by atoms with Crippen molar-refractivity contribution in [2.75, 3.05) is 26.8 Å². The Hall–Kier alpha value is -3.09. The van der Waals surface area contributed by atoms with Crippen LogP contribution in [-0.4, -0.2) is 83.3 Å². The lowest BCUT2D eigenvalue weighted by molar-refractivity contribution is -0.170. The predicted molar refractivity (Wildman–Crippen MR) is 130 cm³/mol. The van der Waals surface area contributed by atoms with E-state index in [0.717, 1.165) is 0 Å². The molecule has 38 heavy (non-hydrogen) atoms. The highest BCUT2D eigenvalue weighted by atomic mass is 19.4. The highest BCUT2D eigenvalue weighted by Crippen LogP contribution is 2.51. The van der Waals surface area contributed by atoms with E-state index in [1.807, 2.05) is 0 Å². The Balaban J connectivity index is 2.08. The van der Waals surface area contributed by atoms with Gasteiger partial charge in [-0.05, 0) is 43.0 Å². The summed E-state index contributed by atoms with van der Waals surface area (Å²) in [5, 5.41) is 32.7. The largest absolute Gasteiger partial charge is 0.493 e. The van der Waals surface area contributed by atoms with Crippen molar-refractivity contribution in [3.63, 3.8) is 0 Å². The molecule has 3 rings (SSSR count). The van der Waals surface area contributed by atoms with Crippen LogP contribution in [0.15, 0.2) is 36.4 Å². The summed E-state index contributed by atoms with van der Waals surface area (Å²) in [4.78, 5) is 26.7. The number of nitrogens with zero attached hydrogens (tertiary/aromatic N) is 1. The van der Waals surface area contributed by atoms with E-state index in [-0.39, 0.29) is 43.3 Å². The first kappa shape index (κ1) is 29.5. The fourth-order valence-electron chi connectivity index (χ4n) is 4.88. The van der Waals surface area contributed by atoms with E-state index in [0.29, 0.717) is 35.3 Å². The first-order valence-corrected chi connectivity index (χ1v) is 12.3. The monoisotopic (exact) mass is 542 g/mol. The molecule has 1 aliphatic carbocycles. The molecule has 0 radical (unpaired) electrons. The van der Waals surface area contributed by atoms with Gasteiger partial charge in [-0.2, -0.15) is 13.2 Å². The summed E-state index contributed by atoms with van der Waals surface area (Å²) in [6.07, 6.45) is -3.49. The second kappa shape index (κ2) is 12.6. The molecule has 2 aliphatic rings. The van der Waals surface area contributed by atoms with Crippen molar-refractivity contribution in [2.24, 2.45) is 0 Å². The first-order chi connectivity index (χ1) is 18.1. The number of benzene rings is 1. The number of amides is 2. The summed E-state index contributed by atoms with van der Waals surface area (Å²) in [6, 6.07) is 1.57. The fraction of sp³-hybridized carbons (Fsp3) is 0.538. The van der Waals surface area contributed by atoms with Gasteiger partial charge in [-0.3, -0.25) is 9.59 Å². The molecule has 1 heterocycles. The van der Waals surface area contributed by atoms with Crippen molar-refractivity contribution in [1.82, 2.24) is 10.2 Å². The number of carbonyl (C=O) groups excluding carboxylic acids is 2. The van der Waals surface area contributed by atoms with Crippen LogP contribution in [0.25, 0.3) is 0 Å². The molecule has 9 nitrogen and oxygen atoms in total. The quantitative estimate of drug-likeness (QED) is 0.235. The van der Waals surface area contributed by atoms with Gasteiger partial charge in [0.2, 0.25) is 11.8 Å². The van der Waals surface area contributed by atoms with E-state index in [9.17, 15) is 38.1 Å². The highest BCUT2D eigenvalue weighted by Gasteiger charge is 2.52. The summed E-state index contributed by atoms with van der Waals surface area (Å²) in [5.74, 6) is -2.05. The number of hydrogen-bond acceptors (Lipinski definition) is 7. The minimum absolute atomic E-state index is 0.0266. The van der Waals surface area contributed by atoms with Crippen LogP contribution in [0.4, 0.5) is 13.2 Å². The van der Waals surface area contributed by atoms with Gasteiger partial charge < -0.3 is 35.0 Å². The van der Waals surface area contributed by atoms with Gasteiger partial charge >= 0.3 is 6.18 Å². The molecule has 1 aromatic rings. The molecule has 0 bridgehead atoms. The molecular formula is C26H33F3N2O7. The van der Waals surface area contributed by atoms with Crippen LogP contribution < -0.4 is 14.8 Å². The zero-order chi connectivity index (χ0) is 28.0. The van der Waals surface area contributed by atoms with Crippen molar-refractivity contribution < 1.29 is 47.6 Å². The molecule has 0 unspecified atom stereocenters. The summed E-state index contributed by atoms with van der Waals surface area (Å²) in [5.41, 5.74) is 0.811. The Labute approximate surface area is 218 Å². The number of hydrogen-bond donors (Lipinski definition) is 4. The smallest absolute Gasteiger partial charge is 0.406 e. The number of aliphatic hydroxyl groups excluding tert-OH is 3. The molecule has 2 amide bonds. The van der Waals surface area contributed by atoms with Gasteiger partial charge in [0, 0.05) is 24.1 Å². The molecule has 210 valence electrons. The minimum atomic E-state index is -4.76. The van der Waals surface area contributed by atoms with Crippen molar-refractivity contribution in [1.29, 1.82) is 0 Å². The lowest BCUT2D eigenvalue weighted by Gasteiger charge is -2.41. The molecule has 0 saturated heterocycles. The Morgan fingerprint density at radius 2 is 2.00 bits per heavy atom. The Morgan fingerprint density at radius 3 is 2.61 bits per heavy atom. The molecular weight excluding hydrogens is 509 g/mol. The average Bonchev–Trinajstić information content (AvgIpc) is 3.27. The van der Waals surface area contributed by atoms with Crippen LogP contribution >= 0.6 is 0 Å². The van der Waals surface area contributed by atoms with Gasteiger partial charge in [0.25, 0.3) is 0 Å². The molecule has 0 saturated carbocycles. The van der Waals surface area contributed by atoms with E-state index in [1.165, 1.54) is 19.3 Å². The third kappa shape index (κ3) is 6.48. The number of carbonyl (C=O) groups is 2. The molecule has 4 N–H and O–H groups in total. The van der Waals surface area contributed by atoms with Crippen LogP contribution in [0, 0.1) is 0 Å². The van der Waals surface area contributed by atoms with E-state index in [4.69, 9.17) is 9.47 Å². The summed E-state index contributed by atoms with van der Waals surface area (Å²) in [6.45, 7) is 1.10. The second-order valence-corrected chi connectivity index (χ2v) is 9.19. The maximum absolute atomic E-state index is 13.6. The van der Waals surface area contributed by atoms with Crippen molar-refractivity contribution >= 4 is 11.8 Å². The van der Waals surface area contributed by atoms with Gasteiger partial charge in [-0.25, -0.2) is 0 Å². The third-order valence-electron chi connectivity index (χ3n) is 6.57. The molecule has 1 aromatic carbocycles. The van der Waals surface area contributed by atoms with Gasteiger partial charge in [0.05, 0.1) is 32.3 Å². The van der Waals surface area contributed by atoms with Crippen LogP contribution in [0.1, 0.15) is 42.7 Å². The lowest BCUT2D eigenvalue weighted by Crippen LogP contribution is -2.57. The fourth-order valence-corrected chi connectivity index (χ4v) is 4.88. The number of ether oxygens (including phenoxy) is 2. The van der Waals surface area contributed by atoms with Crippen molar-refractivity contribution in [3.8, 4) is 11.5 Å². The highest BCUT2D eigenvalue weighted by molar-refractivity contribution is 5.96.